The molecular weight excluding hydrogens is 233 g/mol. The fraction of sp³-hybridized carbons (Fsp3) is 0.364. The second kappa shape index (κ2) is 3.94. The van der Waals surface area contributed by atoms with Crippen molar-refractivity contribution in [2.75, 3.05) is 0 Å². The quantitative estimate of drug-likeness (QED) is 0.866. The van der Waals surface area contributed by atoms with Crippen molar-refractivity contribution in [3.05, 3.63) is 34.2 Å². The second-order valence-electron chi connectivity index (χ2n) is 3.81. The lowest BCUT2D eigenvalue weighted by atomic mass is 10.2. The lowest BCUT2D eigenvalue weighted by Crippen LogP contribution is -2.16. The van der Waals surface area contributed by atoms with Crippen molar-refractivity contribution in [3.8, 4) is 0 Å². The number of aromatic amines is 1. The number of benzene rings is 1. The molecule has 2 rings (SSSR count). The van der Waals surface area contributed by atoms with Gasteiger partial charge in [0.15, 0.2) is 0 Å². The molecule has 0 aliphatic rings. The molecular formula is C11H11F3N2O. The number of hydrogen-bond acceptors (Lipinski definition) is 1. The summed E-state index contributed by atoms with van der Waals surface area (Å²) < 4.78 is 39.0. The van der Waals surface area contributed by atoms with Gasteiger partial charge in [0.25, 0.3) is 0 Å². The van der Waals surface area contributed by atoms with E-state index in [0.717, 1.165) is 12.1 Å². The lowest BCUT2D eigenvalue weighted by Gasteiger charge is -2.07. The zero-order chi connectivity index (χ0) is 12.6. The van der Waals surface area contributed by atoms with Crippen LogP contribution in [0.1, 0.15) is 18.9 Å². The number of alkyl halides is 3. The van der Waals surface area contributed by atoms with Crippen molar-refractivity contribution in [1.82, 2.24) is 9.55 Å². The third-order valence-electron chi connectivity index (χ3n) is 2.55. The molecule has 0 bridgehead atoms. The van der Waals surface area contributed by atoms with Crippen LogP contribution in [0, 0.1) is 0 Å². The highest BCUT2D eigenvalue weighted by Gasteiger charge is 2.30. The highest BCUT2D eigenvalue weighted by molar-refractivity contribution is 5.76. The molecule has 1 aromatic carbocycles. The van der Waals surface area contributed by atoms with Crippen LogP contribution in [-0.2, 0) is 12.7 Å². The van der Waals surface area contributed by atoms with E-state index in [-0.39, 0.29) is 5.69 Å². The van der Waals surface area contributed by atoms with Crippen molar-refractivity contribution >= 4 is 11.0 Å². The van der Waals surface area contributed by atoms with Crippen LogP contribution in [0.15, 0.2) is 23.0 Å². The second-order valence-corrected chi connectivity index (χ2v) is 3.81. The Kier molecular flexibility index (Phi) is 2.73. The zero-order valence-corrected chi connectivity index (χ0v) is 9.14. The first-order chi connectivity index (χ1) is 7.93. The van der Waals surface area contributed by atoms with Gasteiger partial charge in [0, 0.05) is 6.54 Å². The molecule has 0 unspecified atom stereocenters. The maximum atomic E-state index is 12.5. The molecule has 1 N–H and O–H groups in total. The number of aryl methyl sites for hydroxylation is 1. The van der Waals surface area contributed by atoms with E-state index in [4.69, 9.17) is 0 Å². The summed E-state index contributed by atoms with van der Waals surface area (Å²) in [5.41, 5.74) is -0.391. The first-order valence-corrected chi connectivity index (χ1v) is 5.23. The van der Waals surface area contributed by atoms with E-state index in [1.54, 1.807) is 0 Å². The molecule has 0 radical (unpaired) electrons. The van der Waals surface area contributed by atoms with Crippen LogP contribution in [-0.4, -0.2) is 9.55 Å². The van der Waals surface area contributed by atoms with Crippen LogP contribution in [0.3, 0.4) is 0 Å². The Morgan fingerprint density at radius 3 is 2.65 bits per heavy atom. The minimum atomic E-state index is -4.39. The normalized spacial score (nSPS) is 12.2. The molecule has 1 aromatic heterocycles. The number of halogens is 3. The van der Waals surface area contributed by atoms with Crippen molar-refractivity contribution in [1.29, 1.82) is 0 Å². The highest BCUT2D eigenvalue weighted by Crippen LogP contribution is 2.30. The predicted octanol–water partition coefficient (Wildman–Crippen LogP) is 2.76. The summed E-state index contributed by atoms with van der Waals surface area (Å²) in [5, 5.41) is 0. The average molecular weight is 244 g/mol. The molecule has 0 atom stereocenters. The molecule has 0 aliphatic carbocycles. The summed E-state index contributed by atoms with van der Waals surface area (Å²) in [5.74, 6) is 0. The van der Waals surface area contributed by atoms with E-state index in [9.17, 15) is 18.0 Å². The average Bonchev–Trinajstić information content (AvgIpc) is 2.54. The van der Waals surface area contributed by atoms with E-state index < -0.39 is 11.7 Å². The third kappa shape index (κ3) is 2.07. The zero-order valence-electron chi connectivity index (χ0n) is 9.14. The number of hydrogen-bond donors (Lipinski definition) is 1. The number of H-pyrrole nitrogens is 1. The van der Waals surface area contributed by atoms with Crippen molar-refractivity contribution in [3.63, 3.8) is 0 Å². The smallest absolute Gasteiger partial charge is 0.306 e. The summed E-state index contributed by atoms with van der Waals surface area (Å²) in [6.07, 6.45) is -3.71. The Hall–Kier alpha value is -1.72. The Bertz CT molecular complexity index is 595. The molecule has 0 aliphatic heterocycles. The number of nitrogens with one attached hydrogen (secondary N) is 1. The van der Waals surface area contributed by atoms with Crippen molar-refractivity contribution in [2.45, 2.75) is 26.1 Å². The molecule has 6 heteroatoms. The van der Waals surface area contributed by atoms with Crippen LogP contribution >= 0.6 is 0 Å². The van der Waals surface area contributed by atoms with Crippen molar-refractivity contribution < 1.29 is 13.2 Å². The molecule has 17 heavy (non-hydrogen) atoms. The molecule has 0 amide bonds. The largest absolute Gasteiger partial charge is 0.416 e. The Balaban J connectivity index is 2.66. The number of imidazole rings is 1. The van der Waals surface area contributed by atoms with Crippen LogP contribution < -0.4 is 5.69 Å². The van der Waals surface area contributed by atoms with Gasteiger partial charge in [0.1, 0.15) is 0 Å². The standard InChI is InChI=1S/C11H11F3N2O/c1-2-5-16-9-6-7(11(12,13)14)3-4-8(9)15-10(16)17/h3-4,6H,2,5H2,1H3,(H,15,17). The fourth-order valence-electron chi connectivity index (χ4n) is 1.77. The topological polar surface area (TPSA) is 37.8 Å². The van der Waals surface area contributed by atoms with Crippen LogP contribution in [0.25, 0.3) is 11.0 Å². The van der Waals surface area contributed by atoms with Gasteiger partial charge in [-0.15, -0.1) is 0 Å². The Labute approximate surface area is 94.9 Å². The number of fused-ring (bicyclic) bond motifs is 1. The van der Waals surface area contributed by atoms with Gasteiger partial charge in [-0.2, -0.15) is 13.2 Å². The molecule has 0 spiro atoms. The summed E-state index contributed by atoms with van der Waals surface area (Å²) in [6.45, 7) is 2.26. The monoisotopic (exact) mass is 244 g/mol. The van der Waals surface area contributed by atoms with Crippen LogP contribution in [0.5, 0.6) is 0 Å². The minimum Gasteiger partial charge on any atom is -0.306 e. The highest BCUT2D eigenvalue weighted by atomic mass is 19.4. The summed E-state index contributed by atoms with van der Waals surface area (Å²) >= 11 is 0. The number of rotatable bonds is 2. The molecule has 2 aromatic rings. The van der Waals surface area contributed by atoms with Gasteiger partial charge in [-0.1, -0.05) is 6.92 Å². The molecule has 3 nitrogen and oxygen atoms in total. The van der Waals surface area contributed by atoms with E-state index in [2.05, 4.69) is 4.98 Å². The van der Waals surface area contributed by atoms with Gasteiger partial charge in [-0.3, -0.25) is 4.57 Å². The van der Waals surface area contributed by atoms with Crippen LogP contribution in [0.4, 0.5) is 13.2 Å². The molecule has 92 valence electrons. The Morgan fingerprint density at radius 2 is 2.06 bits per heavy atom. The maximum absolute atomic E-state index is 12.5. The minimum absolute atomic E-state index is 0.298. The first-order valence-electron chi connectivity index (χ1n) is 5.23. The maximum Gasteiger partial charge on any atom is 0.416 e. The van der Waals surface area contributed by atoms with Gasteiger partial charge in [-0.05, 0) is 24.6 Å². The Morgan fingerprint density at radius 1 is 1.35 bits per heavy atom. The molecule has 0 saturated carbocycles. The van der Waals surface area contributed by atoms with Gasteiger partial charge < -0.3 is 4.98 Å². The van der Waals surface area contributed by atoms with Gasteiger partial charge in [0.05, 0.1) is 16.6 Å². The summed E-state index contributed by atoms with van der Waals surface area (Å²) in [7, 11) is 0. The van der Waals surface area contributed by atoms with E-state index in [1.165, 1.54) is 10.6 Å². The van der Waals surface area contributed by atoms with Gasteiger partial charge >= 0.3 is 11.9 Å². The van der Waals surface area contributed by atoms with Crippen LogP contribution in [0.2, 0.25) is 0 Å². The van der Waals surface area contributed by atoms with Gasteiger partial charge in [0.2, 0.25) is 0 Å². The van der Waals surface area contributed by atoms with Crippen molar-refractivity contribution in [2.24, 2.45) is 0 Å². The number of aromatic nitrogens is 2. The SMILES string of the molecule is CCCn1c(=O)[nH]c2ccc(C(F)(F)F)cc21. The molecule has 0 fully saturated rings. The first kappa shape index (κ1) is 11.8. The summed E-state index contributed by atoms with van der Waals surface area (Å²) in [6, 6.07) is 3.25. The lowest BCUT2D eigenvalue weighted by molar-refractivity contribution is -0.137. The number of nitrogens with zero attached hydrogens (tertiary/aromatic N) is 1. The third-order valence-corrected chi connectivity index (χ3v) is 2.55. The predicted molar refractivity (Wildman–Crippen MR) is 57.9 cm³/mol. The molecule has 1 heterocycles. The molecule has 0 saturated heterocycles. The van der Waals surface area contributed by atoms with E-state index in [0.29, 0.717) is 24.0 Å². The van der Waals surface area contributed by atoms with Gasteiger partial charge in [-0.25, -0.2) is 4.79 Å². The van der Waals surface area contributed by atoms with E-state index >= 15 is 0 Å². The van der Waals surface area contributed by atoms with E-state index in [1.807, 2.05) is 6.92 Å². The fourth-order valence-corrected chi connectivity index (χ4v) is 1.77. The summed E-state index contributed by atoms with van der Waals surface area (Å²) in [4.78, 5) is 14.0.